The minimum atomic E-state index is 0.875. The second-order valence-electron chi connectivity index (χ2n) is 2.94. The Morgan fingerprint density at radius 2 is 1.90 bits per heavy atom. The van der Waals surface area contributed by atoms with Gasteiger partial charge >= 0.3 is 0 Å². The highest BCUT2D eigenvalue weighted by Gasteiger charge is 2.19. The fourth-order valence-corrected chi connectivity index (χ4v) is 1.27. The van der Waals surface area contributed by atoms with E-state index in [1.54, 1.807) is 0 Å². The zero-order chi connectivity index (χ0) is 7.40. The lowest BCUT2D eigenvalue weighted by molar-refractivity contribution is 0.204. The quantitative estimate of drug-likeness (QED) is 0.559. The summed E-state index contributed by atoms with van der Waals surface area (Å²) in [5.41, 5.74) is 0. The number of nitrogens with zero attached hydrogens (tertiary/aromatic N) is 2. The van der Waals surface area contributed by atoms with Gasteiger partial charge in [0, 0.05) is 19.6 Å². The summed E-state index contributed by atoms with van der Waals surface area (Å²) < 4.78 is 0. The van der Waals surface area contributed by atoms with E-state index in [0.717, 1.165) is 19.0 Å². The Labute approximate surface area is 63.6 Å². The van der Waals surface area contributed by atoms with Crippen LogP contribution in [0.1, 0.15) is 13.8 Å². The Morgan fingerprint density at radius 1 is 1.30 bits per heavy atom. The average molecular weight is 141 g/mol. The van der Waals surface area contributed by atoms with Gasteiger partial charge in [0.25, 0.3) is 0 Å². The van der Waals surface area contributed by atoms with Crippen molar-refractivity contribution in [1.29, 1.82) is 0 Å². The lowest BCUT2D eigenvalue weighted by Gasteiger charge is -2.30. The van der Waals surface area contributed by atoms with Gasteiger partial charge in [-0.05, 0) is 19.0 Å². The normalized spacial score (nSPS) is 19.5. The van der Waals surface area contributed by atoms with Crippen LogP contribution < -0.4 is 5.32 Å². The maximum atomic E-state index is 4.19. The Hall–Kier alpha value is -0.0800. The minimum absolute atomic E-state index is 0.875. The molecule has 1 fully saturated rings. The Bertz CT molecular complexity index is 85.3. The third-order valence-corrected chi connectivity index (χ3v) is 2.19. The lowest BCUT2D eigenvalue weighted by Crippen LogP contribution is -2.44. The summed E-state index contributed by atoms with van der Waals surface area (Å²) in [5, 5.41) is 4.19. The first-order valence-corrected chi connectivity index (χ1v) is 4.22. The van der Waals surface area contributed by atoms with Gasteiger partial charge in [0.05, 0.1) is 0 Å². The summed E-state index contributed by atoms with van der Waals surface area (Å²) >= 11 is 0. The maximum absolute atomic E-state index is 4.19. The van der Waals surface area contributed by atoms with Crippen LogP contribution in [0.3, 0.4) is 0 Å². The number of rotatable bonds is 4. The van der Waals surface area contributed by atoms with Crippen molar-refractivity contribution in [2.24, 2.45) is 5.92 Å². The van der Waals surface area contributed by atoms with Crippen LogP contribution >= 0.6 is 0 Å². The third-order valence-electron chi connectivity index (χ3n) is 2.19. The summed E-state index contributed by atoms with van der Waals surface area (Å²) in [7, 11) is 0. The van der Waals surface area contributed by atoms with E-state index >= 15 is 0 Å². The molecule has 0 aromatic heterocycles. The van der Waals surface area contributed by atoms with Crippen molar-refractivity contribution in [3.63, 3.8) is 0 Å². The Kier molecular flexibility index (Phi) is 3.16. The molecule has 0 spiro atoms. The molecule has 0 N–H and O–H groups in total. The first-order valence-electron chi connectivity index (χ1n) is 4.22. The van der Waals surface area contributed by atoms with Crippen molar-refractivity contribution in [3.8, 4) is 0 Å². The highest BCUT2D eigenvalue weighted by atomic mass is 15.1. The van der Waals surface area contributed by atoms with Gasteiger partial charge in [-0.15, -0.1) is 0 Å². The summed E-state index contributed by atoms with van der Waals surface area (Å²) in [6.07, 6.45) is 0. The molecule has 0 aliphatic carbocycles. The van der Waals surface area contributed by atoms with Crippen molar-refractivity contribution in [1.82, 2.24) is 10.2 Å². The standard InChI is InChI=1S/C8H17N2/c1-3-10(4-2)7-8-5-9-6-8/h8H,3-7H2,1-2H3. The van der Waals surface area contributed by atoms with Gasteiger partial charge in [0.15, 0.2) is 0 Å². The van der Waals surface area contributed by atoms with Crippen molar-refractivity contribution >= 4 is 0 Å². The zero-order valence-electron chi connectivity index (χ0n) is 7.01. The van der Waals surface area contributed by atoms with Crippen LogP contribution in [0.25, 0.3) is 0 Å². The summed E-state index contributed by atoms with van der Waals surface area (Å²) in [6.45, 7) is 10.3. The predicted molar refractivity (Wildman–Crippen MR) is 43.1 cm³/mol. The van der Waals surface area contributed by atoms with E-state index in [-0.39, 0.29) is 0 Å². The summed E-state index contributed by atoms with van der Waals surface area (Å²) in [6, 6.07) is 0. The molecule has 10 heavy (non-hydrogen) atoms. The molecule has 0 aromatic rings. The molecule has 1 aliphatic rings. The molecule has 0 unspecified atom stereocenters. The molecule has 0 atom stereocenters. The monoisotopic (exact) mass is 141 g/mol. The van der Waals surface area contributed by atoms with Crippen molar-refractivity contribution in [3.05, 3.63) is 0 Å². The van der Waals surface area contributed by atoms with E-state index in [2.05, 4.69) is 24.1 Å². The van der Waals surface area contributed by atoms with Crippen LogP contribution in [-0.2, 0) is 0 Å². The number of hydrogen-bond donors (Lipinski definition) is 0. The molecule has 59 valence electrons. The van der Waals surface area contributed by atoms with Crippen molar-refractivity contribution in [2.45, 2.75) is 13.8 Å². The SMILES string of the molecule is CCN(CC)CC1C[N]C1. The molecular formula is C8H17N2. The Balaban J connectivity index is 2.08. The molecular weight excluding hydrogens is 124 g/mol. The average Bonchev–Trinajstić information content (AvgIpc) is 1.87. The van der Waals surface area contributed by atoms with Crippen molar-refractivity contribution in [2.75, 3.05) is 32.7 Å². The molecule has 2 heteroatoms. The van der Waals surface area contributed by atoms with E-state index < -0.39 is 0 Å². The second kappa shape index (κ2) is 3.94. The summed E-state index contributed by atoms with van der Waals surface area (Å²) in [4.78, 5) is 2.47. The van der Waals surface area contributed by atoms with Gasteiger partial charge in [-0.25, -0.2) is 5.32 Å². The van der Waals surface area contributed by atoms with Crippen LogP contribution in [0.2, 0.25) is 0 Å². The van der Waals surface area contributed by atoms with E-state index in [9.17, 15) is 0 Å². The molecule has 1 rings (SSSR count). The van der Waals surface area contributed by atoms with E-state index in [1.165, 1.54) is 19.6 Å². The highest BCUT2D eigenvalue weighted by Crippen LogP contribution is 2.06. The van der Waals surface area contributed by atoms with E-state index in [1.807, 2.05) is 0 Å². The van der Waals surface area contributed by atoms with Gasteiger partial charge in [-0.1, -0.05) is 13.8 Å². The lowest BCUT2D eigenvalue weighted by atomic mass is 10.0. The first kappa shape index (κ1) is 8.02. The van der Waals surface area contributed by atoms with E-state index in [0.29, 0.717) is 0 Å². The van der Waals surface area contributed by atoms with E-state index in [4.69, 9.17) is 0 Å². The van der Waals surface area contributed by atoms with Crippen LogP contribution in [0.5, 0.6) is 0 Å². The largest absolute Gasteiger partial charge is 0.304 e. The molecule has 0 saturated carbocycles. The number of hydrogen-bond acceptors (Lipinski definition) is 1. The van der Waals surface area contributed by atoms with Crippen LogP contribution in [0.15, 0.2) is 0 Å². The van der Waals surface area contributed by atoms with Gasteiger partial charge in [-0.2, -0.15) is 0 Å². The predicted octanol–water partition coefficient (Wildman–Crippen LogP) is 0.562. The highest BCUT2D eigenvalue weighted by molar-refractivity contribution is 4.76. The third kappa shape index (κ3) is 1.96. The Morgan fingerprint density at radius 3 is 2.20 bits per heavy atom. The molecule has 1 heterocycles. The molecule has 1 saturated heterocycles. The topological polar surface area (TPSA) is 17.3 Å². The minimum Gasteiger partial charge on any atom is -0.304 e. The molecule has 0 amide bonds. The smallest absolute Gasteiger partial charge is 0.0186 e. The second-order valence-corrected chi connectivity index (χ2v) is 2.94. The maximum Gasteiger partial charge on any atom is 0.0186 e. The molecule has 1 radical (unpaired) electrons. The van der Waals surface area contributed by atoms with Gasteiger partial charge in [0.1, 0.15) is 0 Å². The molecule has 1 aliphatic heterocycles. The fraction of sp³-hybridized carbons (Fsp3) is 1.00. The molecule has 2 nitrogen and oxygen atoms in total. The fourth-order valence-electron chi connectivity index (χ4n) is 1.27. The van der Waals surface area contributed by atoms with Gasteiger partial charge in [0.2, 0.25) is 0 Å². The van der Waals surface area contributed by atoms with Gasteiger partial charge < -0.3 is 4.90 Å². The van der Waals surface area contributed by atoms with Crippen LogP contribution in [0, 0.1) is 5.92 Å². The van der Waals surface area contributed by atoms with Crippen LogP contribution in [0.4, 0.5) is 0 Å². The van der Waals surface area contributed by atoms with Crippen molar-refractivity contribution < 1.29 is 0 Å². The first-order chi connectivity index (χ1) is 4.86. The van der Waals surface area contributed by atoms with Gasteiger partial charge in [-0.3, -0.25) is 0 Å². The molecule has 0 bridgehead atoms. The zero-order valence-corrected chi connectivity index (χ0v) is 7.01. The summed E-state index contributed by atoms with van der Waals surface area (Å²) in [5.74, 6) is 0.875. The van der Waals surface area contributed by atoms with Crippen LogP contribution in [-0.4, -0.2) is 37.6 Å². The molecule has 0 aromatic carbocycles.